The molecule has 1 atom stereocenters. The molecule has 16 heavy (non-hydrogen) atoms. The maximum atomic E-state index is 5.88. The summed E-state index contributed by atoms with van der Waals surface area (Å²) in [7, 11) is 0. The molecule has 3 nitrogen and oxygen atoms in total. The van der Waals surface area contributed by atoms with Gasteiger partial charge in [-0.2, -0.15) is 0 Å². The van der Waals surface area contributed by atoms with Crippen LogP contribution in [0.3, 0.4) is 0 Å². The number of hydrogen-bond donors (Lipinski definition) is 1. The van der Waals surface area contributed by atoms with Crippen molar-refractivity contribution in [3.05, 3.63) is 22.6 Å². The number of hydrogen-bond acceptors (Lipinski definition) is 3. The fourth-order valence-corrected chi connectivity index (χ4v) is 2.54. The van der Waals surface area contributed by atoms with Gasteiger partial charge in [0.1, 0.15) is 5.76 Å². The molecule has 90 valence electrons. The van der Waals surface area contributed by atoms with Crippen LogP contribution >= 0.6 is 15.9 Å². The first-order chi connectivity index (χ1) is 7.76. The maximum absolute atomic E-state index is 5.88. The zero-order valence-electron chi connectivity index (χ0n) is 9.66. The van der Waals surface area contributed by atoms with Crippen molar-refractivity contribution < 1.29 is 4.42 Å². The minimum Gasteiger partial charge on any atom is -0.466 e. The summed E-state index contributed by atoms with van der Waals surface area (Å²) < 4.78 is 6.56. The molecule has 1 unspecified atom stereocenters. The van der Waals surface area contributed by atoms with E-state index in [1.54, 1.807) is 6.26 Å². The van der Waals surface area contributed by atoms with Gasteiger partial charge in [-0.3, -0.25) is 4.90 Å². The first-order valence-electron chi connectivity index (χ1n) is 5.93. The molecule has 1 fully saturated rings. The van der Waals surface area contributed by atoms with Crippen molar-refractivity contribution in [1.82, 2.24) is 4.90 Å². The molecule has 1 heterocycles. The van der Waals surface area contributed by atoms with Crippen LogP contribution in [0.15, 0.2) is 21.2 Å². The van der Waals surface area contributed by atoms with Crippen LogP contribution in [0.1, 0.15) is 31.6 Å². The van der Waals surface area contributed by atoms with E-state index in [2.05, 4.69) is 27.8 Å². The van der Waals surface area contributed by atoms with Crippen molar-refractivity contribution in [2.24, 2.45) is 11.7 Å². The molecule has 0 saturated heterocycles. The maximum Gasteiger partial charge on any atom is 0.136 e. The molecular weight excluding hydrogens is 268 g/mol. The molecule has 2 N–H and O–H groups in total. The fraction of sp³-hybridized carbons (Fsp3) is 0.667. The highest BCUT2D eigenvalue weighted by atomic mass is 79.9. The summed E-state index contributed by atoms with van der Waals surface area (Å²) in [6.07, 6.45) is 4.45. The van der Waals surface area contributed by atoms with E-state index in [4.69, 9.17) is 10.2 Å². The zero-order chi connectivity index (χ0) is 11.5. The average molecular weight is 287 g/mol. The van der Waals surface area contributed by atoms with E-state index >= 15 is 0 Å². The lowest BCUT2D eigenvalue weighted by molar-refractivity contribution is 0.180. The molecule has 1 saturated carbocycles. The monoisotopic (exact) mass is 286 g/mol. The Bertz CT molecular complexity index is 336. The Hall–Kier alpha value is -0.320. The minimum absolute atomic E-state index is 0.204. The van der Waals surface area contributed by atoms with Gasteiger partial charge in [0.25, 0.3) is 0 Å². The summed E-state index contributed by atoms with van der Waals surface area (Å²) in [4.78, 5) is 2.42. The van der Waals surface area contributed by atoms with Gasteiger partial charge in [0.15, 0.2) is 0 Å². The molecule has 0 aliphatic heterocycles. The van der Waals surface area contributed by atoms with E-state index in [0.717, 1.165) is 29.2 Å². The van der Waals surface area contributed by atoms with Crippen molar-refractivity contribution in [2.45, 2.75) is 25.8 Å². The molecule has 0 amide bonds. The van der Waals surface area contributed by atoms with Gasteiger partial charge >= 0.3 is 0 Å². The molecule has 0 bridgehead atoms. The SMILES string of the molecule is CCN(CC1CC1)C(CN)c1occc1Br. The normalized spacial score (nSPS) is 18.0. The lowest BCUT2D eigenvalue weighted by atomic mass is 10.1. The second kappa shape index (κ2) is 5.34. The first-order valence-corrected chi connectivity index (χ1v) is 6.72. The Labute approximate surface area is 105 Å². The van der Waals surface area contributed by atoms with Crippen LogP contribution < -0.4 is 5.73 Å². The topological polar surface area (TPSA) is 42.4 Å². The van der Waals surface area contributed by atoms with E-state index in [9.17, 15) is 0 Å². The summed E-state index contributed by atoms with van der Waals surface area (Å²) in [5.74, 6) is 1.84. The second-order valence-electron chi connectivity index (χ2n) is 4.42. The van der Waals surface area contributed by atoms with Crippen LogP contribution in [-0.2, 0) is 0 Å². The van der Waals surface area contributed by atoms with Gasteiger partial charge in [-0.25, -0.2) is 0 Å². The lowest BCUT2D eigenvalue weighted by Crippen LogP contribution is -2.35. The highest BCUT2D eigenvalue weighted by Crippen LogP contribution is 2.34. The summed E-state index contributed by atoms with van der Waals surface area (Å²) >= 11 is 3.51. The number of nitrogens with two attached hydrogens (primary N) is 1. The van der Waals surface area contributed by atoms with E-state index in [1.165, 1.54) is 12.8 Å². The Morgan fingerprint density at radius 2 is 2.38 bits per heavy atom. The van der Waals surface area contributed by atoms with Crippen LogP contribution in [0.4, 0.5) is 0 Å². The standard InChI is InChI=1S/C12H19BrN2O/c1-2-15(8-9-3-4-9)11(7-14)12-10(13)5-6-16-12/h5-6,9,11H,2-4,7-8,14H2,1H3. The van der Waals surface area contributed by atoms with E-state index in [0.29, 0.717) is 6.54 Å². The Kier molecular flexibility index (Phi) is 4.05. The molecule has 2 rings (SSSR count). The first kappa shape index (κ1) is 12.1. The van der Waals surface area contributed by atoms with Crippen molar-refractivity contribution in [3.63, 3.8) is 0 Å². The molecule has 4 heteroatoms. The minimum atomic E-state index is 0.204. The Morgan fingerprint density at radius 3 is 2.81 bits per heavy atom. The average Bonchev–Trinajstić information content (AvgIpc) is 3.01. The quantitative estimate of drug-likeness (QED) is 0.874. The molecule has 1 aromatic heterocycles. The number of rotatable bonds is 6. The van der Waals surface area contributed by atoms with Crippen molar-refractivity contribution in [1.29, 1.82) is 0 Å². The summed E-state index contributed by atoms with van der Waals surface area (Å²) in [5, 5.41) is 0. The van der Waals surface area contributed by atoms with Crippen LogP contribution in [-0.4, -0.2) is 24.5 Å². The smallest absolute Gasteiger partial charge is 0.136 e. The zero-order valence-corrected chi connectivity index (χ0v) is 11.2. The van der Waals surface area contributed by atoms with Crippen LogP contribution in [0.2, 0.25) is 0 Å². The predicted octanol–water partition coefficient (Wildman–Crippen LogP) is 2.77. The largest absolute Gasteiger partial charge is 0.466 e. The van der Waals surface area contributed by atoms with Gasteiger partial charge in [-0.1, -0.05) is 6.92 Å². The lowest BCUT2D eigenvalue weighted by Gasteiger charge is -2.28. The van der Waals surface area contributed by atoms with Crippen molar-refractivity contribution >= 4 is 15.9 Å². The molecule has 0 aromatic carbocycles. The van der Waals surface area contributed by atoms with Gasteiger partial charge < -0.3 is 10.2 Å². The molecule has 1 aliphatic carbocycles. The number of halogens is 1. The number of nitrogens with zero attached hydrogens (tertiary/aromatic N) is 1. The van der Waals surface area contributed by atoms with E-state index in [-0.39, 0.29) is 6.04 Å². The van der Waals surface area contributed by atoms with Gasteiger partial charge in [-0.15, -0.1) is 0 Å². The van der Waals surface area contributed by atoms with Gasteiger partial charge in [0, 0.05) is 13.1 Å². The number of likely N-dealkylation sites (N-methyl/N-ethyl adjacent to an activating group) is 1. The highest BCUT2D eigenvalue weighted by molar-refractivity contribution is 9.10. The highest BCUT2D eigenvalue weighted by Gasteiger charge is 2.29. The van der Waals surface area contributed by atoms with Crippen LogP contribution in [0.5, 0.6) is 0 Å². The third kappa shape index (κ3) is 2.67. The van der Waals surface area contributed by atoms with Gasteiger partial charge in [0.05, 0.1) is 16.8 Å². The molecule has 0 radical (unpaired) electrons. The van der Waals surface area contributed by atoms with Crippen molar-refractivity contribution in [3.8, 4) is 0 Å². The number of furan rings is 1. The van der Waals surface area contributed by atoms with Crippen LogP contribution in [0.25, 0.3) is 0 Å². The second-order valence-corrected chi connectivity index (χ2v) is 5.27. The Morgan fingerprint density at radius 1 is 1.62 bits per heavy atom. The Balaban J connectivity index is 2.09. The third-order valence-electron chi connectivity index (χ3n) is 3.21. The summed E-state index contributed by atoms with van der Waals surface area (Å²) in [6.45, 7) is 4.95. The van der Waals surface area contributed by atoms with Crippen molar-refractivity contribution in [2.75, 3.05) is 19.6 Å². The van der Waals surface area contributed by atoms with Gasteiger partial charge in [-0.05, 0) is 47.3 Å². The van der Waals surface area contributed by atoms with Crippen LogP contribution in [0, 0.1) is 5.92 Å². The third-order valence-corrected chi connectivity index (χ3v) is 3.86. The molecule has 1 aromatic rings. The van der Waals surface area contributed by atoms with E-state index in [1.807, 2.05) is 6.07 Å². The summed E-state index contributed by atoms with van der Waals surface area (Å²) in [6, 6.07) is 2.14. The molecule has 0 spiro atoms. The molecular formula is C12H19BrN2O. The predicted molar refractivity (Wildman–Crippen MR) is 68.2 cm³/mol. The van der Waals surface area contributed by atoms with E-state index < -0.39 is 0 Å². The fourth-order valence-electron chi connectivity index (χ4n) is 2.07. The summed E-state index contributed by atoms with van der Waals surface area (Å²) in [5.41, 5.74) is 5.88. The van der Waals surface area contributed by atoms with Gasteiger partial charge in [0.2, 0.25) is 0 Å². The molecule has 1 aliphatic rings.